The number of allylic oxidation sites excluding steroid dienone is 2. The second-order valence-electron chi connectivity index (χ2n) is 10.1. The first kappa shape index (κ1) is 24.1. The fourth-order valence-corrected chi connectivity index (χ4v) is 6.13. The van der Waals surface area contributed by atoms with Crippen LogP contribution in [0.5, 0.6) is 5.75 Å². The molecule has 2 nitrogen and oxygen atoms in total. The highest BCUT2D eigenvalue weighted by Gasteiger charge is 2.33. The van der Waals surface area contributed by atoms with Crippen molar-refractivity contribution in [2.45, 2.75) is 71.1 Å². The van der Waals surface area contributed by atoms with Crippen LogP contribution in [0.4, 0.5) is 22.0 Å². The summed E-state index contributed by atoms with van der Waals surface area (Å²) in [5, 5.41) is 0.519. The number of ether oxygens (including phenoxy) is 1. The van der Waals surface area contributed by atoms with E-state index in [1.165, 1.54) is 44.6 Å². The van der Waals surface area contributed by atoms with Gasteiger partial charge < -0.3 is 9.15 Å². The second kappa shape index (κ2) is 9.47. The molecular formula is C28H29F5O2. The number of fused-ring (bicyclic) bond motifs is 3. The molecule has 1 aromatic heterocycles. The SMILES string of the molecule is CCCC1CCC(C2CC=C(c3cc4oc5cc(OC(F)(F)F)c(F)cc5c4cc3F)CC2)CC1. The Kier molecular flexibility index (Phi) is 6.53. The van der Waals surface area contributed by atoms with E-state index in [9.17, 15) is 17.6 Å². The second-order valence-corrected chi connectivity index (χ2v) is 10.1. The Hall–Kier alpha value is -2.57. The Morgan fingerprint density at radius 1 is 0.886 bits per heavy atom. The van der Waals surface area contributed by atoms with E-state index in [4.69, 9.17) is 4.42 Å². The number of halogens is 5. The molecule has 0 spiro atoms. The predicted octanol–water partition coefficient (Wildman–Crippen LogP) is 9.55. The minimum absolute atomic E-state index is 0.00793. The van der Waals surface area contributed by atoms with Crippen LogP contribution in [0, 0.1) is 29.4 Å². The average Bonchev–Trinajstić information content (AvgIpc) is 3.15. The van der Waals surface area contributed by atoms with E-state index in [1.54, 1.807) is 6.07 Å². The Labute approximate surface area is 201 Å². The van der Waals surface area contributed by atoms with Crippen LogP contribution in [0.3, 0.4) is 0 Å². The van der Waals surface area contributed by atoms with Crippen molar-refractivity contribution in [1.82, 2.24) is 0 Å². The highest BCUT2D eigenvalue weighted by Crippen LogP contribution is 2.43. The van der Waals surface area contributed by atoms with Crippen molar-refractivity contribution >= 4 is 27.5 Å². The van der Waals surface area contributed by atoms with E-state index >= 15 is 4.39 Å². The van der Waals surface area contributed by atoms with Crippen LogP contribution in [-0.2, 0) is 0 Å². The normalized spacial score (nSPS) is 23.6. The summed E-state index contributed by atoms with van der Waals surface area (Å²) in [7, 11) is 0. The molecule has 0 amide bonds. The van der Waals surface area contributed by atoms with Gasteiger partial charge in [0.25, 0.3) is 0 Å². The summed E-state index contributed by atoms with van der Waals surface area (Å²) in [6.07, 6.45) is 7.63. The Balaban J connectivity index is 1.37. The van der Waals surface area contributed by atoms with Gasteiger partial charge in [0.15, 0.2) is 11.6 Å². The number of benzene rings is 2. The lowest BCUT2D eigenvalue weighted by molar-refractivity contribution is -0.275. The number of rotatable bonds is 5. The Morgan fingerprint density at radius 3 is 2.20 bits per heavy atom. The van der Waals surface area contributed by atoms with Gasteiger partial charge in [-0.15, -0.1) is 13.2 Å². The molecule has 35 heavy (non-hydrogen) atoms. The van der Waals surface area contributed by atoms with Gasteiger partial charge in [-0.25, -0.2) is 8.78 Å². The van der Waals surface area contributed by atoms with E-state index in [2.05, 4.69) is 17.7 Å². The first-order chi connectivity index (χ1) is 16.7. The van der Waals surface area contributed by atoms with Crippen molar-refractivity contribution in [2.75, 3.05) is 0 Å². The van der Waals surface area contributed by atoms with Crippen LogP contribution in [0.2, 0.25) is 0 Å². The molecule has 2 aromatic carbocycles. The van der Waals surface area contributed by atoms with Crippen molar-refractivity contribution in [2.24, 2.45) is 17.8 Å². The molecule has 1 heterocycles. The van der Waals surface area contributed by atoms with Gasteiger partial charge >= 0.3 is 6.36 Å². The molecule has 5 rings (SSSR count). The standard InChI is InChI=1S/C28H29F5O2/c1-2-3-16-4-6-17(7-5-16)18-8-10-19(11-9-18)20-14-25-21(12-23(20)29)22-13-24(30)27(15-26(22)34-25)35-28(31,32)33/h10,12-18H,2-9,11H2,1H3. The fourth-order valence-electron chi connectivity index (χ4n) is 6.13. The molecule has 0 saturated heterocycles. The Bertz CT molecular complexity index is 1250. The van der Waals surface area contributed by atoms with Crippen LogP contribution in [0.15, 0.2) is 34.8 Å². The molecule has 7 heteroatoms. The zero-order valence-corrected chi connectivity index (χ0v) is 19.7. The minimum Gasteiger partial charge on any atom is -0.456 e. The van der Waals surface area contributed by atoms with Gasteiger partial charge in [-0.3, -0.25) is 0 Å². The summed E-state index contributed by atoms with van der Waals surface area (Å²) < 4.78 is 76.4. The quantitative estimate of drug-likeness (QED) is 0.331. The molecule has 188 valence electrons. The molecule has 2 aliphatic rings. The summed E-state index contributed by atoms with van der Waals surface area (Å²) in [6.45, 7) is 2.25. The van der Waals surface area contributed by atoms with Crippen LogP contribution in [0.1, 0.15) is 70.3 Å². The third-order valence-electron chi connectivity index (χ3n) is 7.89. The minimum atomic E-state index is -5.03. The van der Waals surface area contributed by atoms with Crippen molar-refractivity contribution in [3.63, 3.8) is 0 Å². The zero-order valence-electron chi connectivity index (χ0n) is 19.7. The predicted molar refractivity (Wildman–Crippen MR) is 126 cm³/mol. The van der Waals surface area contributed by atoms with Gasteiger partial charge in [-0.1, -0.05) is 38.7 Å². The van der Waals surface area contributed by atoms with Gasteiger partial charge in [0, 0.05) is 22.4 Å². The summed E-state index contributed by atoms with van der Waals surface area (Å²) in [5.74, 6) is -0.358. The number of hydrogen-bond acceptors (Lipinski definition) is 2. The largest absolute Gasteiger partial charge is 0.573 e. The van der Waals surface area contributed by atoms with Crippen molar-refractivity contribution < 1.29 is 31.1 Å². The highest BCUT2D eigenvalue weighted by molar-refractivity contribution is 6.06. The van der Waals surface area contributed by atoms with E-state index in [0.29, 0.717) is 22.5 Å². The molecule has 0 aliphatic heterocycles. The summed E-state index contributed by atoms with van der Waals surface area (Å²) in [4.78, 5) is 0. The van der Waals surface area contributed by atoms with E-state index in [1.807, 2.05) is 0 Å². The molecule has 1 fully saturated rings. The third-order valence-corrected chi connectivity index (χ3v) is 7.89. The van der Waals surface area contributed by atoms with Crippen LogP contribution in [-0.4, -0.2) is 6.36 Å². The first-order valence-corrected chi connectivity index (χ1v) is 12.5. The molecule has 0 bridgehead atoms. The number of furan rings is 1. The van der Waals surface area contributed by atoms with E-state index in [0.717, 1.165) is 48.8 Å². The summed E-state index contributed by atoms with van der Waals surface area (Å²) >= 11 is 0. The van der Waals surface area contributed by atoms with Gasteiger partial charge in [0.05, 0.1) is 0 Å². The fraction of sp³-hybridized carbons (Fsp3) is 0.500. The maximum Gasteiger partial charge on any atom is 0.573 e. The molecule has 0 radical (unpaired) electrons. The maximum atomic E-state index is 15.1. The lowest BCUT2D eigenvalue weighted by Gasteiger charge is -2.35. The van der Waals surface area contributed by atoms with Gasteiger partial charge in [-0.2, -0.15) is 0 Å². The van der Waals surface area contributed by atoms with E-state index < -0.39 is 23.7 Å². The smallest absolute Gasteiger partial charge is 0.456 e. The topological polar surface area (TPSA) is 22.4 Å². The lowest BCUT2D eigenvalue weighted by atomic mass is 9.70. The summed E-state index contributed by atoms with van der Waals surface area (Å²) in [5.41, 5.74) is 1.67. The van der Waals surface area contributed by atoms with Crippen LogP contribution in [0.25, 0.3) is 27.5 Å². The van der Waals surface area contributed by atoms with Gasteiger partial charge in [-0.05, 0) is 73.6 Å². The molecule has 1 saturated carbocycles. The molecular weight excluding hydrogens is 463 g/mol. The van der Waals surface area contributed by atoms with Gasteiger partial charge in [0.1, 0.15) is 17.0 Å². The zero-order chi connectivity index (χ0) is 24.7. The summed E-state index contributed by atoms with van der Waals surface area (Å²) in [6, 6.07) is 4.60. The highest BCUT2D eigenvalue weighted by atomic mass is 19.4. The molecule has 0 N–H and O–H groups in total. The van der Waals surface area contributed by atoms with Crippen LogP contribution >= 0.6 is 0 Å². The van der Waals surface area contributed by atoms with Crippen LogP contribution < -0.4 is 4.74 Å². The number of hydrogen-bond donors (Lipinski definition) is 0. The molecule has 1 atom stereocenters. The van der Waals surface area contributed by atoms with Gasteiger partial charge in [0.2, 0.25) is 0 Å². The lowest BCUT2D eigenvalue weighted by Crippen LogP contribution is -2.23. The first-order valence-electron chi connectivity index (χ1n) is 12.5. The van der Waals surface area contributed by atoms with E-state index in [-0.39, 0.29) is 11.0 Å². The monoisotopic (exact) mass is 492 g/mol. The molecule has 2 aliphatic carbocycles. The van der Waals surface area contributed by atoms with Crippen molar-refractivity contribution in [3.05, 3.63) is 47.5 Å². The van der Waals surface area contributed by atoms with Crippen molar-refractivity contribution in [1.29, 1.82) is 0 Å². The van der Waals surface area contributed by atoms with Crippen molar-refractivity contribution in [3.8, 4) is 5.75 Å². The third kappa shape index (κ3) is 5.05. The molecule has 1 unspecified atom stereocenters. The average molecular weight is 493 g/mol. The maximum absolute atomic E-state index is 15.1. The molecule has 3 aromatic rings. The Morgan fingerprint density at radius 2 is 1.57 bits per heavy atom. The number of alkyl halides is 3.